The van der Waals surface area contributed by atoms with Crippen LogP contribution >= 0.6 is 0 Å². The fraction of sp³-hybridized carbons (Fsp3) is 0.250. The number of pyridine rings is 1. The van der Waals surface area contributed by atoms with Gasteiger partial charge in [-0.05, 0) is 30.2 Å². The summed E-state index contributed by atoms with van der Waals surface area (Å²) < 4.78 is 0. The number of nitro benzene ring substituents is 2. The second kappa shape index (κ2) is 8.29. The van der Waals surface area contributed by atoms with Gasteiger partial charge in [-0.3, -0.25) is 20.2 Å². The molecule has 0 aliphatic rings. The highest BCUT2D eigenvalue weighted by Gasteiger charge is 2.30. The average molecular weight is 411 g/mol. The predicted molar refractivity (Wildman–Crippen MR) is 114 cm³/mol. The number of para-hydroxylation sites is 1. The maximum Gasteiger partial charge on any atom is 0.302 e. The van der Waals surface area contributed by atoms with Gasteiger partial charge < -0.3 is 15.3 Å². The molecule has 0 spiro atoms. The molecule has 0 bridgehead atoms. The Morgan fingerprint density at radius 3 is 2.40 bits per heavy atom. The number of anilines is 2. The number of benzene rings is 2. The van der Waals surface area contributed by atoms with Crippen molar-refractivity contribution in [2.45, 2.75) is 20.1 Å². The van der Waals surface area contributed by atoms with Gasteiger partial charge in [0.15, 0.2) is 5.69 Å². The van der Waals surface area contributed by atoms with E-state index in [2.05, 4.69) is 10.3 Å². The minimum Gasteiger partial charge on any atom is -0.392 e. The molecule has 0 saturated heterocycles. The molecule has 2 N–H and O–H groups in total. The molecule has 0 amide bonds. The number of nitro groups is 2. The summed E-state index contributed by atoms with van der Waals surface area (Å²) in [7, 11) is 3.70. The maximum atomic E-state index is 11.7. The molecule has 10 heteroatoms. The Labute approximate surface area is 172 Å². The van der Waals surface area contributed by atoms with Gasteiger partial charge in [0.2, 0.25) is 0 Å². The van der Waals surface area contributed by atoms with Crippen molar-refractivity contribution < 1.29 is 15.0 Å². The summed E-state index contributed by atoms with van der Waals surface area (Å²) >= 11 is 0. The largest absolute Gasteiger partial charge is 0.392 e. The van der Waals surface area contributed by atoms with E-state index in [1.54, 1.807) is 0 Å². The monoisotopic (exact) mass is 411 g/mol. The molecule has 1 aromatic heterocycles. The van der Waals surface area contributed by atoms with E-state index in [-0.39, 0.29) is 23.4 Å². The molecule has 10 nitrogen and oxygen atoms in total. The molecule has 0 atom stereocenters. The number of rotatable bonds is 7. The molecule has 0 unspecified atom stereocenters. The van der Waals surface area contributed by atoms with Crippen LogP contribution in [-0.4, -0.2) is 34.0 Å². The van der Waals surface area contributed by atoms with Gasteiger partial charge in [-0.15, -0.1) is 0 Å². The smallest absolute Gasteiger partial charge is 0.302 e. The lowest BCUT2D eigenvalue weighted by atomic mass is 10.0. The first-order valence-corrected chi connectivity index (χ1v) is 9.10. The number of aliphatic hydroxyl groups excluding tert-OH is 1. The Hall–Kier alpha value is -3.79. The molecule has 3 aromatic rings. The summed E-state index contributed by atoms with van der Waals surface area (Å²) in [6, 6.07) is 10.5. The van der Waals surface area contributed by atoms with Gasteiger partial charge in [-0.2, -0.15) is 0 Å². The molecule has 0 radical (unpaired) electrons. The Kier molecular flexibility index (Phi) is 5.79. The van der Waals surface area contributed by atoms with E-state index in [9.17, 15) is 25.3 Å². The average Bonchev–Trinajstić information content (AvgIpc) is 2.71. The zero-order chi connectivity index (χ0) is 22.0. The highest BCUT2D eigenvalue weighted by molar-refractivity contribution is 5.85. The van der Waals surface area contributed by atoms with Crippen molar-refractivity contribution in [2.75, 3.05) is 24.3 Å². The zero-order valence-electron chi connectivity index (χ0n) is 16.7. The second-order valence-electron chi connectivity index (χ2n) is 6.98. The van der Waals surface area contributed by atoms with Gasteiger partial charge in [0.1, 0.15) is 5.82 Å². The fourth-order valence-corrected chi connectivity index (χ4v) is 3.31. The molecular formula is C20H21N5O5. The summed E-state index contributed by atoms with van der Waals surface area (Å²) in [4.78, 5) is 28.3. The van der Waals surface area contributed by atoms with E-state index in [0.29, 0.717) is 5.82 Å². The van der Waals surface area contributed by atoms with Crippen molar-refractivity contribution in [3.63, 3.8) is 0 Å². The Balaban J connectivity index is 2.13. The van der Waals surface area contributed by atoms with Gasteiger partial charge in [-0.25, -0.2) is 4.98 Å². The van der Waals surface area contributed by atoms with E-state index in [1.807, 2.05) is 49.3 Å². The van der Waals surface area contributed by atoms with E-state index in [0.717, 1.165) is 16.5 Å². The number of aliphatic hydroxyl groups is 1. The van der Waals surface area contributed by atoms with E-state index < -0.39 is 27.8 Å². The van der Waals surface area contributed by atoms with Crippen molar-refractivity contribution in [1.82, 2.24) is 4.98 Å². The molecular weight excluding hydrogens is 390 g/mol. The van der Waals surface area contributed by atoms with Crippen molar-refractivity contribution in [3.8, 4) is 0 Å². The van der Waals surface area contributed by atoms with Crippen molar-refractivity contribution >= 4 is 33.8 Å². The number of nitrogens with zero attached hydrogens (tertiary/aromatic N) is 4. The molecule has 0 aliphatic carbocycles. The fourth-order valence-electron chi connectivity index (χ4n) is 3.31. The first-order chi connectivity index (χ1) is 14.2. The van der Waals surface area contributed by atoms with Gasteiger partial charge in [-0.1, -0.05) is 18.2 Å². The van der Waals surface area contributed by atoms with Gasteiger partial charge >= 0.3 is 5.69 Å². The minimum absolute atomic E-state index is 0.115. The first-order valence-electron chi connectivity index (χ1n) is 9.10. The third kappa shape index (κ3) is 3.85. The van der Waals surface area contributed by atoms with Crippen LogP contribution in [-0.2, 0) is 13.2 Å². The summed E-state index contributed by atoms with van der Waals surface area (Å²) in [5.41, 5.74) is 0.800. The van der Waals surface area contributed by atoms with Gasteiger partial charge in [0, 0.05) is 37.7 Å². The quantitative estimate of drug-likeness (QED) is 0.445. The molecule has 1 heterocycles. The molecule has 0 saturated carbocycles. The molecule has 0 aliphatic heterocycles. The lowest BCUT2D eigenvalue weighted by Crippen LogP contribution is -2.13. The van der Waals surface area contributed by atoms with Crippen LogP contribution in [0, 0.1) is 27.2 Å². The van der Waals surface area contributed by atoms with E-state index in [1.165, 1.54) is 13.0 Å². The summed E-state index contributed by atoms with van der Waals surface area (Å²) in [5.74, 6) is 0.696. The molecule has 2 aromatic carbocycles. The lowest BCUT2D eigenvalue weighted by molar-refractivity contribution is -0.392. The highest BCUT2D eigenvalue weighted by atomic mass is 16.6. The van der Waals surface area contributed by atoms with Gasteiger partial charge in [0.05, 0.1) is 22.0 Å². The third-order valence-electron chi connectivity index (χ3n) is 4.89. The number of aromatic nitrogens is 1. The van der Waals surface area contributed by atoms with Gasteiger partial charge in [0.25, 0.3) is 5.69 Å². The third-order valence-corrected chi connectivity index (χ3v) is 4.89. The summed E-state index contributed by atoms with van der Waals surface area (Å²) in [6.45, 7) is 1.04. The lowest BCUT2D eigenvalue weighted by Gasteiger charge is -2.16. The van der Waals surface area contributed by atoms with Crippen LogP contribution in [0.3, 0.4) is 0 Å². The van der Waals surface area contributed by atoms with Crippen molar-refractivity contribution in [2.24, 2.45) is 0 Å². The Bertz CT molecular complexity index is 1150. The summed E-state index contributed by atoms with van der Waals surface area (Å²) in [6.07, 6.45) is 0. The topological polar surface area (TPSA) is 135 Å². The van der Waals surface area contributed by atoms with Crippen LogP contribution in [0.5, 0.6) is 0 Å². The normalized spacial score (nSPS) is 10.8. The van der Waals surface area contributed by atoms with Crippen LogP contribution in [0.1, 0.15) is 16.7 Å². The first kappa shape index (κ1) is 20.9. The van der Waals surface area contributed by atoms with Crippen molar-refractivity contribution in [1.29, 1.82) is 0 Å². The Morgan fingerprint density at radius 2 is 1.80 bits per heavy atom. The number of fused-ring (bicyclic) bond motifs is 1. The minimum atomic E-state index is -0.691. The predicted octanol–water partition coefficient (Wildman–Crippen LogP) is 3.53. The van der Waals surface area contributed by atoms with E-state index >= 15 is 0 Å². The molecule has 30 heavy (non-hydrogen) atoms. The Morgan fingerprint density at radius 1 is 1.10 bits per heavy atom. The summed E-state index contributed by atoms with van der Waals surface area (Å²) in [5, 5.41) is 36.5. The maximum absolute atomic E-state index is 11.7. The standard InChI is InChI=1S/C20H21N5O5/c1-12-14(11-26)8-17(24(27)28)19(20(12)25(29)30)21-10-13-9-18(23(2)3)22-16-7-5-4-6-15(13)16/h4-9,21,26H,10-11H2,1-3H3. The van der Waals surface area contributed by atoms with E-state index in [4.69, 9.17) is 0 Å². The van der Waals surface area contributed by atoms with Crippen LogP contribution < -0.4 is 10.2 Å². The highest BCUT2D eigenvalue weighted by Crippen LogP contribution is 2.39. The molecule has 3 rings (SSSR count). The van der Waals surface area contributed by atoms with Crippen LogP contribution in [0.4, 0.5) is 22.9 Å². The number of hydrogen-bond acceptors (Lipinski definition) is 8. The zero-order valence-corrected chi connectivity index (χ0v) is 16.7. The van der Waals surface area contributed by atoms with Crippen LogP contribution in [0.15, 0.2) is 36.4 Å². The number of nitrogens with one attached hydrogen (secondary N) is 1. The second-order valence-corrected chi connectivity index (χ2v) is 6.98. The molecule has 0 fully saturated rings. The van der Waals surface area contributed by atoms with Crippen LogP contribution in [0.25, 0.3) is 10.9 Å². The molecule has 156 valence electrons. The van der Waals surface area contributed by atoms with Crippen LogP contribution in [0.2, 0.25) is 0 Å². The SMILES string of the molecule is Cc1c(CO)cc([N+](=O)[O-])c(NCc2cc(N(C)C)nc3ccccc23)c1[N+](=O)[O-]. The van der Waals surface area contributed by atoms with Crippen molar-refractivity contribution in [3.05, 3.63) is 73.3 Å². The number of hydrogen-bond donors (Lipinski definition) is 2.